The SMILES string of the molecule is COC(=O)[C@]1(CC(C)C)N[C@H](c2ccc(SC3CCCCC3)cc2)[C@@H]2C(=O)N(C)C(=O)[C@@H]21. The Morgan fingerprint density at radius 2 is 1.81 bits per heavy atom. The van der Waals surface area contributed by atoms with Crippen molar-refractivity contribution >= 4 is 29.5 Å². The van der Waals surface area contributed by atoms with Gasteiger partial charge in [0.15, 0.2) is 0 Å². The quantitative estimate of drug-likeness (QED) is 0.514. The van der Waals surface area contributed by atoms with Crippen LogP contribution in [0.3, 0.4) is 0 Å². The molecule has 0 unspecified atom stereocenters. The lowest BCUT2D eigenvalue weighted by Gasteiger charge is -2.33. The summed E-state index contributed by atoms with van der Waals surface area (Å²) in [4.78, 5) is 41.7. The Morgan fingerprint density at radius 1 is 1.16 bits per heavy atom. The van der Waals surface area contributed by atoms with Gasteiger partial charge in [0.2, 0.25) is 11.8 Å². The molecule has 1 aromatic carbocycles. The van der Waals surface area contributed by atoms with Gasteiger partial charge in [0.1, 0.15) is 5.54 Å². The number of carbonyl (C=O) groups is 3. The van der Waals surface area contributed by atoms with Gasteiger partial charge in [0.25, 0.3) is 0 Å². The molecule has 0 spiro atoms. The van der Waals surface area contributed by atoms with Crippen LogP contribution in [0.5, 0.6) is 0 Å². The lowest BCUT2D eigenvalue weighted by atomic mass is 9.75. The van der Waals surface area contributed by atoms with Crippen LogP contribution in [0.1, 0.15) is 64.0 Å². The zero-order valence-electron chi connectivity index (χ0n) is 19.4. The van der Waals surface area contributed by atoms with E-state index in [1.165, 1.54) is 56.1 Å². The van der Waals surface area contributed by atoms with Gasteiger partial charge in [-0.25, -0.2) is 0 Å². The number of ether oxygens (including phenoxy) is 1. The molecule has 32 heavy (non-hydrogen) atoms. The Hall–Kier alpha value is -1.86. The minimum atomic E-state index is -1.20. The van der Waals surface area contributed by atoms with Gasteiger partial charge in [-0.05, 0) is 42.9 Å². The maximum Gasteiger partial charge on any atom is 0.326 e. The van der Waals surface area contributed by atoms with Crippen LogP contribution in [0, 0.1) is 17.8 Å². The van der Waals surface area contributed by atoms with E-state index in [0.29, 0.717) is 11.7 Å². The number of carbonyl (C=O) groups excluding carboxylic acids is 3. The minimum Gasteiger partial charge on any atom is -0.468 e. The third kappa shape index (κ3) is 3.98. The molecule has 1 aromatic rings. The first kappa shape index (κ1) is 23.3. The van der Waals surface area contributed by atoms with E-state index in [-0.39, 0.29) is 17.7 Å². The number of methoxy groups -OCH3 is 1. The molecule has 0 aromatic heterocycles. The Morgan fingerprint density at radius 3 is 2.41 bits per heavy atom. The molecule has 3 aliphatic rings. The number of esters is 1. The van der Waals surface area contributed by atoms with Gasteiger partial charge >= 0.3 is 5.97 Å². The number of likely N-dealkylation sites (tertiary alicyclic amines) is 1. The standard InChI is InChI=1S/C25H34N2O4S/c1-15(2)14-25(24(30)31-4)20-19(22(28)27(3)23(20)29)21(26-25)16-10-12-18(13-11-16)32-17-8-6-5-7-9-17/h10-13,15,17,19-21,26H,5-9,14H2,1-4H3/t19-,20-,21-,25-/m1/s1. The van der Waals surface area contributed by atoms with Crippen molar-refractivity contribution in [3.05, 3.63) is 29.8 Å². The number of imide groups is 1. The maximum atomic E-state index is 13.1. The molecule has 7 heteroatoms. The third-order valence-corrected chi connectivity index (χ3v) is 8.60. The Labute approximate surface area is 194 Å². The topological polar surface area (TPSA) is 75.7 Å². The molecule has 2 saturated heterocycles. The predicted octanol–water partition coefficient (Wildman–Crippen LogP) is 3.94. The van der Waals surface area contributed by atoms with Crippen LogP contribution in [0.4, 0.5) is 0 Å². The highest BCUT2D eigenvalue weighted by atomic mass is 32.2. The zero-order valence-corrected chi connectivity index (χ0v) is 20.2. The molecule has 1 aliphatic carbocycles. The molecule has 2 aliphatic heterocycles. The number of hydrogen-bond acceptors (Lipinski definition) is 6. The molecule has 2 amide bonds. The summed E-state index contributed by atoms with van der Waals surface area (Å²) in [7, 11) is 2.86. The summed E-state index contributed by atoms with van der Waals surface area (Å²) < 4.78 is 5.17. The second-order valence-corrected chi connectivity index (χ2v) is 11.2. The first-order chi connectivity index (χ1) is 15.3. The van der Waals surface area contributed by atoms with E-state index >= 15 is 0 Å². The van der Waals surface area contributed by atoms with Crippen LogP contribution in [-0.4, -0.2) is 47.6 Å². The van der Waals surface area contributed by atoms with E-state index in [2.05, 4.69) is 17.4 Å². The molecule has 0 radical (unpaired) electrons. The largest absolute Gasteiger partial charge is 0.468 e. The van der Waals surface area contributed by atoms with Crippen molar-refractivity contribution in [1.29, 1.82) is 0 Å². The van der Waals surface area contributed by atoms with Gasteiger partial charge in [0.05, 0.1) is 18.9 Å². The van der Waals surface area contributed by atoms with Crippen molar-refractivity contribution in [3.8, 4) is 0 Å². The van der Waals surface area contributed by atoms with E-state index in [1.54, 1.807) is 0 Å². The van der Waals surface area contributed by atoms with Crippen molar-refractivity contribution in [2.75, 3.05) is 14.2 Å². The smallest absolute Gasteiger partial charge is 0.326 e. The number of thioether (sulfide) groups is 1. The van der Waals surface area contributed by atoms with Crippen LogP contribution >= 0.6 is 11.8 Å². The maximum absolute atomic E-state index is 13.1. The molecule has 4 atom stereocenters. The number of nitrogens with one attached hydrogen (secondary N) is 1. The number of rotatable bonds is 6. The van der Waals surface area contributed by atoms with E-state index in [4.69, 9.17) is 4.74 Å². The van der Waals surface area contributed by atoms with Crippen molar-refractivity contribution < 1.29 is 19.1 Å². The second-order valence-electron chi connectivity index (χ2n) is 9.87. The number of benzene rings is 1. The first-order valence-corrected chi connectivity index (χ1v) is 12.6. The summed E-state index contributed by atoms with van der Waals surface area (Å²) in [5.41, 5.74) is -0.273. The zero-order chi connectivity index (χ0) is 23.0. The van der Waals surface area contributed by atoms with E-state index in [1.807, 2.05) is 37.7 Å². The lowest BCUT2D eigenvalue weighted by Crippen LogP contribution is -2.56. The molecule has 6 nitrogen and oxygen atoms in total. The summed E-state index contributed by atoms with van der Waals surface area (Å²) in [5.74, 6) is -2.22. The Bertz CT molecular complexity index is 880. The summed E-state index contributed by atoms with van der Waals surface area (Å²) in [6.07, 6.45) is 6.91. The van der Waals surface area contributed by atoms with Gasteiger partial charge in [-0.15, -0.1) is 11.8 Å². The molecule has 0 bridgehead atoms. The van der Waals surface area contributed by atoms with Crippen LogP contribution in [-0.2, 0) is 19.1 Å². The number of hydrogen-bond donors (Lipinski definition) is 1. The first-order valence-electron chi connectivity index (χ1n) is 11.7. The van der Waals surface area contributed by atoms with Gasteiger partial charge < -0.3 is 4.74 Å². The van der Waals surface area contributed by atoms with Crippen LogP contribution < -0.4 is 5.32 Å². The van der Waals surface area contributed by atoms with Crippen molar-refractivity contribution in [2.45, 2.75) is 74.1 Å². The molecule has 174 valence electrons. The molecule has 1 N–H and O–H groups in total. The normalized spacial score (nSPS) is 30.8. The van der Waals surface area contributed by atoms with Crippen molar-refractivity contribution in [2.24, 2.45) is 17.8 Å². The lowest BCUT2D eigenvalue weighted by molar-refractivity contribution is -0.154. The van der Waals surface area contributed by atoms with Crippen molar-refractivity contribution in [3.63, 3.8) is 0 Å². The minimum absolute atomic E-state index is 0.143. The molecule has 1 saturated carbocycles. The summed E-state index contributed by atoms with van der Waals surface area (Å²) in [6.45, 7) is 4.02. The van der Waals surface area contributed by atoms with Gasteiger partial charge in [0, 0.05) is 23.2 Å². The van der Waals surface area contributed by atoms with Crippen molar-refractivity contribution in [1.82, 2.24) is 10.2 Å². The average molecular weight is 459 g/mol. The van der Waals surface area contributed by atoms with E-state index in [9.17, 15) is 14.4 Å². The summed E-state index contributed by atoms with van der Waals surface area (Å²) >= 11 is 1.93. The Balaban J connectivity index is 1.65. The summed E-state index contributed by atoms with van der Waals surface area (Å²) in [5, 5.41) is 4.11. The highest BCUT2D eigenvalue weighted by molar-refractivity contribution is 8.00. The van der Waals surface area contributed by atoms with E-state index < -0.39 is 29.4 Å². The summed E-state index contributed by atoms with van der Waals surface area (Å²) in [6, 6.07) is 7.89. The monoisotopic (exact) mass is 458 g/mol. The van der Waals surface area contributed by atoms with Gasteiger partial charge in [-0.1, -0.05) is 45.2 Å². The van der Waals surface area contributed by atoms with Crippen LogP contribution in [0.15, 0.2) is 29.2 Å². The third-order valence-electron chi connectivity index (χ3n) is 7.25. The molecule has 2 heterocycles. The molecule has 4 rings (SSSR count). The number of amides is 2. The molecular weight excluding hydrogens is 424 g/mol. The highest BCUT2D eigenvalue weighted by Crippen LogP contribution is 2.51. The number of fused-ring (bicyclic) bond motifs is 1. The fourth-order valence-corrected chi connectivity index (χ4v) is 7.09. The van der Waals surface area contributed by atoms with Crippen LogP contribution in [0.2, 0.25) is 0 Å². The highest BCUT2D eigenvalue weighted by Gasteiger charge is 2.68. The molecule has 3 fully saturated rings. The number of nitrogens with zero attached hydrogens (tertiary/aromatic N) is 1. The Kier molecular flexibility index (Phi) is 6.68. The van der Waals surface area contributed by atoms with Gasteiger partial charge in [-0.3, -0.25) is 24.6 Å². The average Bonchev–Trinajstić information content (AvgIpc) is 3.24. The predicted molar refractivity (Wildman–Crippen MR) is 124 cm³/mol. The van der Waals surface area contributed by atoms with E-state index in [0.717, 1.165) is 5.56 Å². The fraction of sp³-hybridized carbons (Fsp3) is 0.640. The molecular formula is C25H34N2O4S. The van der Waals surface area contributed by atoms with Crippen LogP contribution in [0.25, 0.3) is 0 Å². The second kappa shape index (κ2) is 9.18. The van der Waals surface area contributed by atoms with Gasteiger partial charge in [-0.2, -0.15) is 0 Å². The fourth-order valence-electron chi connectivity index (χ4n) is 5.85.